The topological polar surface area (TPSA) is 86.7 Å². The Bertz CT molecular complexity index is 814. The van der Waals surface area contributed by atoms with E-state index in [0.717, 1.165) is 14.2 Å². The smallest absolute Gasteiger partial charge is 0.323 e. The second kappa shape index (κ2) is 9.17. The summed E-state index contributed by atoms with van der Waals surface area (Å²) < 4.78 is 35.5. The maximum atomic E-state index is 13.0. The highest BCUT2D eigenvalue weighted by Crippen LogP contribution is 2.37. The van der Waals surface area contributed by atoms with E-state index in [-0.39, 0.29) is 16.2 Å². The summed E-state index contributed by atoms with van der Waals surface area (Å²) in [7, 11) is -1.74. The van der Waals surface area contributed by atoms with E-state index in [0.29, 0.717) is 0 Å². The molecule has 0 unspecified atom stereocenters. The third-order valence-corrected chi connectivity index (χ3v) is 5.59. The van der Waals surface area contributed by atoms with Crippen molar-refractivity contribution in [1.29, 1.82) is 0 Å². The molecule has 0 saturated heterocycles. The minimum absolute atomic E-state index is 0.0339. The normalized spacial score (nSPS) is 11.0. The number of hydrogen-bond donors (Lipinski definition) is 0. The predicted molar refractivity (Wildman–Crippen MR) is 96.8 cm³/mol. The molecular formula is C19H22O6S. The summed E-state index contributed by atoms with van der Waals surface area (Å²) >= 11 is 0. The number of hydrogen-bond acceptors (Lipinski definition) is 6. The summed E-state index contributed by atoms with van der Waals surface area (Å²) in [5.74, 6) is -1.80. The Hall–Kier alpha value is -2.63. The van der Waals surface area contributed by atoms with Crippen molar-refractivity contribution in [2.24, 2.45) is 5.41 Å². The molecule has 0 aromatic heterocycles. The second-order valence-electron chi connectivity index (χ2n) is 5.41. The molecule has 0 fully saturated rings. The zero-order valence-electron chi connectivity index (χ0n) is 15.0. The van der Waals surface area contributed by atoms with Gasteiger partial charge < -0.3 is 9.47 Å². The fourth-order valence-electron chi connectivity index (χ4n) is 2.50. The Morgan fingerprint density at radius 1 is 1.15 bits per heavy atom. The Labute approximate surface area is 153 Å². The number of benzene rings is 1. The molecule has 0 bridgehead atoms. The summed E-state index contributed by atoms with van der Waals surface area (Å²) in [4.78, 5) is 24.6. The quantitative estimate of drug-likeness (QED) is 0.299. The number of allylic oxidation sites excluding steroid dienone is 2. The molecule has 0 radical (unpaired) electrons. The SMILES string of the molecule is C=CCC(CC(=C=CC)S(=O)(=O)c1ccccc1)(C(=O)OC)C(=O)OC. The van der Waals surface area contributed by atoms with Crippen LogP contribution < -0.4 is 0 Å². The highest BCUT2D eigenvalue weighted by molar-refractivity contribution is 7.95. The van der Waals surface area contributed by atoms with Crippen molar-refractivity contribution in [1.82, 2.24) is 0 Å². The van der Waals surface area contributed by atoms with E-state index in [1.54, 1.807) is 25.1 Å². The minimum atomic E-state index is -3.97. The first-order valence-corrected chi connectivity index (χ1v) is 9.26. The standard InChI is InChI=1S/C19H22O6S/c1-5-10-16(26(22,23)15-11-8-7-9-12-15)14-19(13-6-2,17(20)24-3)18(21)25-4/h5-9,11-12H,2,13-14H2,1,3-4H3. The molecule has 1 rings (SSSR count). The third kappa shape index (κ3) is 4.31. The average molecular weight is 378 g/mol. The Kier molecular flexibility index (Phi) is 7.56. The Morgan fingerprint density at radius 3 is 2.12 bits per heavy atom. The monoisotopic (exact) mass is 378 g/mol. The molecule has 0 heterocycles. The second-order valence-corrected chi connectivity index (χ2v) is 7.38. The Balaban J connectivity index is 3.59. The molecule has 0 aliphatic carbocycles. The first-order chi connectivity index (χ1) is 12.3. The largest absolute Gasteiger partial charge is 0.468 e. The van der Waals surface area contributed by atoms with Crippen LogP contribution >= 0.6 is 0 Å². The number of carbonyl (C=O) groups is 2. The van der Waals surface area contributed by atoms with E-state index in [1.807, 2.05) is 0 Å². The molecule has 6 nitrogen and oxygen atoms in total. The lowest BCUT2D eigenvalue weighted by Crippen LogP contribution is -2.42. The molecule has 0 atom stereocenters. The van der Waals surface area contributed by atoms with Gasteiger partial charge in [0, 0.05) is 6.42 Å². The van der Waals surface area contributed by atoms with E-state index >= 15 is 0 Å². The number of methoxy groups -OCH3 is 2. The lowest BCUT2D eigenvalue weighted by molar-refractivity contribution is -0.168. The van der Waals surface area contributed by atoms with E-state index in [1.165, 1.54) is 24.3 Å². The van der Waals surface area contributed by atoms with Gasteiger partial charge in [-0.05, 0) is 31.6 Å². The third-order valence-electron chi connectivity index (χ3n) is 3.79. The zero-order valence-corrected chi connectivity index (χ0v) is 15.8. The van der Waals surface area contributed by atoms with Crippen LogP contribution in [-0.2, 0) is 28.9 Å². The van der Waals surface area contributed by atoms with Gasteiger partial charge in [-0.2, -0.15) is 0 Å². The maximum absolute atomic E-state index is 13.0. The van der Waals surface area contributed by atoms with Crippen LogP contribution in [0.15, 0.2) is 64.6 Å². The summed E-state index contributed by atoms with van der Waals surface area (Å²) in [6.07, 6.45) is 2.14. The van der Waals surface area contributed by atoms with Crippen molar-refractivity contribution < 1.29 is 27.5 Å². The molecule has 0 aliphatic rings. The molecule has 0 amide bonds. The van der Waals surface area contributed by atoms with E-state index in [9.17, 15) is 18.0 Å². The van der Waals surface area contributed by atoms with Gasteiger partial charge in [0.2, 0.25) is 9.84 Å². The van der Waals surface area contributed by atoms with Gasteiger partial charge in [-0.15, -0.1) is 12.3 Å². The molecule has 1 aromatic rings. The average Bonchev–Trinajstić information content (AvgIpc) is 2.66. The summed E-state index contributed by atoms with van der Waals surface area (Å²) in [5.41, 5.74) is 0.784. The number of sulfone groups is 1. The molecule has 140 valence electrons. The first kappa shape index (κ1) is 21.4. The van der Waals surface area contributed by atoms with Crippen LogP contribution in [0.25, 0.3) is 0 Å². The van der Waals surface area contributed by atoms with Crippen molar-refractivity contribution in [3.05, 3.63) is 59.7 Å². The fourth-order valence-corrected chi connectivity index (χ4v) is 4.01. The van der Waals surface area contributed by atoms with Gasteiger partial charge in [-0.3, -0.25) is 9.59 Å². The van der Waals surface area contributed by atoms with E-state index in [2.05, 4.69) is 12.3 Å². The molecule has 0 N–H and O–H groups in total. The summed E-state index contributed by atoms with van der Waals surface area (Å²) in [5, 5.41) is 0. The van der Waals surface area contributed by atoms with Crippen LogP contribution in [0, 0.1) is 5.41 Å². The van der Waals surface area contributed by atoms with Crippen molar-refractivity contribution in [3.8, 4) is 0 Å². The molecule has 0 saturated carbocycles. The minimum Gasteiger partial charge on any atom is -0.468 e. The molecular weight excluding hydrogens is 356 g/mol. The van der Waals surface area contributed by atoms with Gasteiger partial charge in [-0.1, -0.05) is 24.3 Å². The van der Waals surface area contributed by atoms with Crippen LogP contribution in [-0.4, -0.2) is 34.6 Å². The van der Waals surface area contributed by atoms with Gasteiger partial charge >= 0.3 is 11.9 Å². The highest BCUT2D eigenvalue weighted by atomic mass is 32.2. The van der Waals surface area contributed by atoms with E-state index < -0.39 is 33.6 Å². The van der Waals surface area contributed by atoms with Gasteiger partial charge in [-0.25, -0.2) is 8.42 Å². The van der Waals surface area contributed by atoms with Gasteiger partial charge in [0.15, 0.2) is 5.41 Å². The molecule has 0 spiro atoms. The van der Waals surface area contributed by atoms with E-state index in [4.69, 9.17) is 9.47 Å². The van der Waals surface area contributed by atoms with Crippen LogP contribution in [0.1, 0.15) is 19.8 Å². The number of carbonyl (C=O) groups excluding carboxylic acids is 2. The summed E-state index contributed by atoms with van der Waals surface area (Å²) in [6.45, 7) is 5.14. The number of ether oxygens (including phenoxy) is 2. The van der Waals surface area contributed by atoms with Crippen LogP contribution in [0.2, 0.25) is 0 Å². The molecule has 7 heteroatoms. The van der Waals surface area contributed by atoms with Gasteiger partial charge in [0.25, 0.3) is 0 Å². The number of rotatable bonds is 8. The van der Waals surface area contributed by atoms with Gasteiger partial charge in [0.05, 0.1) is 24.0 Å². The fraction of sp³-hybridized carbons (Fsp3) is 0.316. The molecule has 26 heavy (non-hydrogen) atoms. The van der Waals surface area contributed by atoms with Crippen molar-refractivity contribution in [3.63, 3.8) is 0 Å². The van der Waals surface area contributed by atoms with Gasteiger partial charge in [0.1, 0.15) is 0 Å². The lowest BCUT2D eigenvalue weighted by atomic mass is 9.81. The number of esters is 2. The zero-order chi connectivity index (χ0) is 19.8. The molecule has 1 aromatic carbocycles. The first-order valence-electron chi connectivity index (χ1n) is 7.78. The lowest BCUT2D eigenvalue weighted by Gasteiger charge is -2.27. The van der Waals surface area contributed by atoms with Crippen LogP contribution in [0.3, 0.4) is 0 Å². The molecule has 0 aliphatic heterocycles. The highest BCUT2D eigenvalue weighted by Gasteiger charge is 2.49. The Morgan fingerprint density at radius 2 is 1.69 bits per heavy atom. The van der Waals surface area contributed by atoms with Crippen molar-refractivity contribution in [2.75, 3.05) is 14.2 Å². The van der Waals surface area contributed by atoms with Crippen molar-refractivity contribution >= 4 is 21.8 Å². The van der Waals surface area contributed by atoms with Crippen LogP contribution in [0.5, 0.6) is 0 Å². The van der Waals surface area contributed by atoms with Crippen molar-refractivity contribution in [2.45, 2.75) is 24.7 Å². The predicted octanol–water partition coefficient (Wildman–Crippen LogP) is 2.82. The van der Waals surface area contributed by atoms with Crippen LogP contribution in [0.4, 0.5) is 0 Å². The summed E-state index contributed by atoms with van der Waals surface area (Å²) in [6, 6.07) is 7.70. The maximum Gasteiger partial charge on any atom is 0.323 e.